The third-order valence-corrected chi connectivity index (χ3v) is 9.76. The third kappa shape index (κ3) is 5.19. The van der Waals surface area contributed by atoms with Crippen molar-refractivity contribution in [1.82, 2.24) is 9.97 Å². The van der Waals surface area contributed by atoms with Crippen LogP contribution in [0.15, 0.2) is 146 Å². The van der Waals surface area contributed by atoms with E-state index in [0.29, 0.717) is 11.4 Å². The molecule has 0 radical (unpaired) electrons. The standard InChI is InChI=1S/C44H38N4O/c1-29(2)30-24-25-45-42(27-30)48-38-20-12-11-19-35(38)44(3,4)36-23-22-31(26-40(36)48)37-28-39(34-18-13-21-41(49)43(34)46-37)47(32-14-7-5-8-15-32)33-16-9-6-10-17-33/h5-29,49H,1-4H3. The molecule has 5 nitrogen and oxygen atoms in total. The zero-order valence-electron chi connectivity index (χ0n) is 28.2. The Bertz CT molecular complexity index is 2280. The molecule has 0 atom stereocenters. The van der Waals surface area contributed by atoms with Gasteiger partial charge in [-0.25, -0.2) is 9.97 Å². The number of anilines is 6. The molecule has 0 aliphatic carbocycles. The first-order valence-corrected chi connectivity index (χ1v) is 16.8. The number of rotatable bonds is 6. The molecule has 0 saturated carbocycles. The number of hydrogen-bond acceptors (Lipinski definition) is 5. The van der Waals surface area contributed by atoms with E-state index in [9.17, 15) is 5.11 Å². The number of hydrogen-bond donors (Lipinski definition) is 1. The molecular formula is C44H38N4O. The van der Waals surface area contributed by atoms with Gasteiger partial charge in [0, 0.05) is 33.9 Å². The quantitative estimate of drug-likeness (QED) is 0.196. The van der Waals surface area contributed by atoms with Gasteiger partial charge >= 0.3 is 0 Å². The summed E-state index contributed by atoms with van der Waals surface area (Å²) in [7, 11) is 0. The molecule has 2 aromatic heterocycles. The van der Waals surface area contributed by atoms with E-state index in [4.69, 9.17) is 9.97 Å². The summed E-state index contributed by atoms with van der Waals surface area (Å²) in [5, 5.41) is 12.1. The van der Waals surface area contributed by atoms with Crippen LogP contribution >= 0.6 is 0 Å². The lowest BCUT2D eigenvalue weighted by atomic mass is 9.73. The predicted molar refractivity (Wildman–Crippen MR) is 202 cm³/mol. The van der Waals surface area contributed by atoms with Crippen LogP contribution in [-0.2, 0) is 5.41 Å². The van der Waals surface area contributed by atoms with Gasteiger partial charge in [0.05, 0.1) is 22.8 Å². The van der Waals surface area contributed by atoms with Crippen molar-refractivity contribution >= 4 is 45.2 Å². The van der Waals surface area contributed by atoms with E-state index < -0.39 is 0 Å². The molecule has 1 aliphatic rings. The summed E-state index contributed by atoms with van der Waals surface area (Å²) in [5.41, 5.74) is 10.9. The van der Waals surface area contributed by atoms with E-state index in [0.717, 1.165) is 50.9 Å². The molecule has 5 aromatic carbocycles. The minimum atomic E-state index is -0.242. The van der Waals surface area contributed by atoms with Gasteiger partial charge in [-0.1, -0.05) is 107 Å². The van der Waals surface area contributed by atoms with Crippen LogP contribution in [0.25, 0.3) is 22.2 Å². The van der Waals surface area contributed by atoms with E-state index in [-0.39, 0.29) is 11.2 Å². The van der Waals surface area contributed by atoms with Gasteiger partial charge in [0.25, 0.3) is 0 Å². The molecule has 240 valence electrons. The van der Waals surface area contributed by atoms with Gasteiger partial charge in [-0.05, 0) is 83.3 Å². The molecular weight excluding hydrogens is 601 g/mol. The molecule has 7 aromatic rings. The number of phenolic OH excluding ortho intramolecular Hbond substituents is 1. The van der Waals surface area contributed by atoms with Gasteiger partial charge in [-0.3, -0.25) is 4.90 Å². The maximum Gasteiger partial charge on any atom is 0.141 e. The highest BCUT2D eigenvalue weighted by atomic mass is 16.3. The Morgan fingerprint density at radius 1 is 0.673 bits per heavy atom. The molecule has 5 heteroatoms. The van der Waals surface area contributed by atoms with Crippen LogP contribution in [0.4, 0.5) is 34.3 Å². The van der Waals surface area contributed by atoms with E-state index in [1.807, 2.05) is 54.7 Å². The first kappa shape index (κ1) is 30.4. The fourth-order valence-corrected chi connectivity index (χ4v) is 7.17. The van der Waals surface area contributed by atoms with Crippen molar-refractivity contribution < 1.29 is 5.11 Å². The van der Waals surface area contributed by atoms with Crippen LogP contribution in [0, 0.1) is 0 Å². The first-order chi connectivity index (χ1) is 23.8. The van der Waals surface area contributed by atoms with Gasteiger partial charge in [0.1, 0.15) is 17.1 Å². The molecule has 1 aliphatic heterocycles. The Morgan fingerprint density at radius 3 is 2.06 bits per heavy atom. The Balaban J connectivity index is 1.38. The van der Waals surface area contributed by atoms with Crippen LogP contribution in [0.2, 0.25) is 0 Å². The summed E-state index contributed by atoms with van der Waals surface area (Å²) in [6.45, 7) is 9.01. The average molecular weight is 639 g/mol. The highest BCUT2D eigenvalue weighted by Crippen LogP contribution is 2.52. The first-order valence-electron chi connectivity index (χ1n) is 16.8. The fraction of sp³-hybridized carbons (Fsp3) is 0.136. The molecule has 0 unspecified atom stereocenters. The van der Waals surface area contributed by atoms with Crippen LogP contribution in [0.1, 0.15) is 50.3 Å². The monoisotopic (exact) mass is 638 g/mol. The molecule has 0 saturated heterocycles. The molecule has 49 heavy (non-hydrogen) atoms. The van der Waals surface area contributed by atoms with Crippen molar-refractivity contribution in [3.05, 3.63) is 162 Å². The average Bonchev–Trinajstić information content (AvgIpc) is 3.13. The number of aromatic hydroxyl groups is 1. The Labute approximate surface area is 287 Å². The Hall–Kier alpha value is -5.94. The second kappa shape index (κ2) is 11.9. The minimum absolute atomic E-state index is 0.144. The topological polar surface area (TPSA) is 52.5 Å². The number of aromatic nitrogens is 2. The number of para-hydroxylation sites is 4. The van der Waals surface area contributed by atoms with Crippen molar-refractivity contribution in [2.24, 2.45) is 0 Å². The number of fused-ring (bicyclic) bond motifs is 3. The SMILES string of the molecule is CC(C)c1ccnc(N2c3ccccc3C(C)(C)c3ccc(-c4cc(N(c5ccccc5)c5ccccc5)c5cccc(O)c5n4)cc32)c1. The zero-order chi connectivity index (χ0) is 33.7. The number of nitrogens with zero attached hydrogens (tertiary/aromatic N) is 4. The van der Waals surface area contributed by atoms with E-state index >= 15 is 0 Å². The summed E-state index contributed by atoms with van der Waals surface area (Å²) in [6, 6.07) is 48.0. The van der Waals surface area contributed by atoms with Crippen LogP contribution in [0.3, 0.4) is 0 Å². The lowest BCUT2D eigenvalue weighted by Crippen LogP contribution is -2.31. The molecule has 3 heterocycles. The second-order valence-electron chi connectivity index (χ2n) is 13.5. The molecule has 0 amide bonds. The van der Waals surface area contributed by atoms with E-state index in [1.165, 1.54) is 16.7 Å². The maximum atomic E-state index is 11.2. The zero-order valence-corrected chi connectivity index (χ0v) is 28.2. The van der Waals surface area contributed by atoms with Crippen LogP contribution in [0.5, 0.6) is 5.75 Å². The van der Waals surface area contributed by atoms with E-state index in [2.05, 4.69) is 122 Å². The van der Waals surface area contributed by atoms with Crippen LogP contribution in [-0.4, -0.2) is 15.1 Å². The molecule has 0 fully saturated rings. The number of pyridine rings is 2. The predicted octanol–water partition coefficient (Wildman–Crippen LogP) is 11.7. The normalized spacial score (nSPS) is 13.3. The summed E-state index contributed by atoms with van der Waals surface area (Å²) in [4.78, 5) is 14.6. The van der Waals surface area contributed by atoms with Crippen molar-refractivity contribution in [1.29, 1.82) is 0 Å². The largest absolute Gasteiger partial charge is 0.506 e. The van der Waals surface area contributed by atoms with Crippen molar-refractivity contribution in [3.63, 3.8) is 0 Å². The number of benzene rings is 5. The fourth-order valence-electron chi connectivity index (χ4n) is 7.17. The second-order valence-corrected chi connectivity index (χ2v) is 13.5. The third-order valence-electron chi connectivity index (χ3n) is 9.76. The van der Waals surface area contributed by atoms with Crippen LogP contribution < -0.4 is 9.80 Å². The molecule has 0 spiro atoms. The summed E-state index contributed by atoms with van der Waals surface area (Å²) >= 11 is 0. The molecule has 0 bridgehead atoms. The van der Waals surface area contributed by atoms with Gasteiger partial charge in [-0.2, -0.15) is 0 Å². The molecule has 1 N–H and O–H groups in total. The smallest absolute Gasteiger partial charge is 0.141 e. The highest BCUT2D eigenvalue weighted by Gasteiger charge is 2.37. The lowest BCUT2D eigenvalue weighted by molar-refractivity contribution is 0.480. The van der Waals surface area contributed by atoms with Gasteiger partial charge in [0.15, 0.2) is 0 Å². The number of phenols is 1. The highest BCUT2D eigenvalue weighted by molar-refractivity contribution is 6.01. The maximum absolute atomic E-state index is 11.2. The van der Waals surface area contributed by atoms with Gasteiger partial charge in [-0.15, -0.1) is 0 Å². The lowest BCUT2D eigenvalue weighted by Gasteiger charge is -2.41. The Morgan fingerprint density at radius 2 is 1.35 bits per heavy atom. The summed E-state index contributed by atoms with van der Waals surface area (Å²) in [6.07, 6.45) is 1.91. The van der Waals surface area contributed by atoms with Gasteiger partial charge < -0.3 is 10.0 Å². The summed E-state index contributed by atoms with van der Waals surface area (Å²) in [5.74, 6) is 1.40. The van der Waals surface area contributed by atoms with E-state index in [1.54, 1.807) is 6.07 Å². The minimum Gasteiger partial charge on any atom is -0.506 e. The van der Waals surface area contributed by atoms with Gasteiger partial charge in [0.2, 0.25) is 0 Å². The summed E-state index contributed by atoms with van der Waals surface area (Å²) < 4.78 is 0. The van der Waals surface area contributed by atoms with Crippen molar-refractivity contribution in [3.8, 4) is 17.0 Å². The molecule has 8 rings (SSSR count). The van der Waals surface area contributed by atoms with Crippen molar-refractivity contribution in [2.75, 3.05) is 9.80 Å². The van der Waals surface area contributed by atoms with Crippen molar-refractivity contribution in [2.45, 2.75) is 39.0 Å². The Kier molecular flexibility index (Phi) is 7.41.